The topological polar surface area (TPSA) is 55.9 Å². The molecule has 0 aliphatic rings. The van der Waals surface area contributed by atoms with Gasteiger partial charge in [-0.15, -0.1) is 0 Å². The number of nitrogens with zero attached hydrogens (tertiary/aromatic N) is 2. The third-order valence-corrected chi connectivity index (χ3v) is 4.15. The first-order valence-corrected chi connectivity index (χ1v) is 7.03. The molecule has 0 aliphatic heterocycles. The largest absolute Gasteiger partial charge is 0.271 e. The maximum Gasteiger partial charge on any atom is 0.130 e. The van der Waals surface area contributed by atoms with Gasteiger partial charge in [0.05, 0.1) is 11.7 Å². The SMILES string of the molecule is Cc1ccc(C(Cc2c(C)nn(C)c2Cl)NN)c(C)c1. The van der Waals surface area contributed by atoms with Crippen molar-refractivity contribution >= 4 is 11.6 Å². The van der Waals surface area contributed by atoms with E-state index in [0.29, 0.717) is 5.15 Å². The van der Waals surface area contributed by atoms with Gasteiger partial charge in [-0.3, -0.25) is 16.0 Å². The number of rotatable bonds is 4. The molecule has 108 valence electrons. The van der Waals surface area contributed by atoms with Crippen molar-refractivity contribution in [2.24, 2.45) is 12.9 Å². The number of aryl methyl sites for hydroxylation is 4. The maximum atomic E-state index is 6.30. The Morgan fingerprint density at radius 2 is 2.05 bits per heavy atom. The number of hydrogen-bond acceptors (Lipinski definition) is 3. The Hall–Kier alpha value is -1.36. The van der Waals surface area contributed by atoms with E-state index in [2.05, 4.69) is 42.6 Å². The van der Waals surface area contributed by atoms with Crippen LogP contribution in [0.2, 0.25) is 5.15 Å². The Labute approximate surface area is 124 Å². The lowest BCUT2D eigenvalue weighted by Gasteiger charge is -2.19. The Balaban J connectivity index is 2.33. The van der Waals surface area contributed by atoms with Gasteiger partial charge in [0.1, 0.15) is 5.15 Å². The predicted molar refractivity (Wildman–Crippen MR) is 82.6 cm³/mol. The Kier molecular flexibility index (Phi) is 4.48. The molecule has 1 atom stereocenters. The van der Waals surface area contributed by atoms with Gasteiger partial charge in [0.25, 0.3) is 0 Å². The van der Waals surface area contributed by atoms with E-state index in [1.165, 1.54) is 16.7 Å². The van der Waals surface area contributed by atoms with Crippen molar-refractivity contribution in [3.63, 3.8) is 0 Å². The van der Waals surface area contributed by atoms with Crippen LogP contribution in [0.4, 0.5) is 0 Å². The molecule has 0 aliphatic carbocycles. The van der Waals surface area contributed by atoms with E-state index in [1.54, 1.807) is 4.68 Å². The molecule has 5 heteroatoms. The van der Waals surface area contributed by atoms with E-state index in [1.807, 2.05) is 14.0 Å². The fourth-order valence-electron chi connectivity index (χ4n) is 2.59. The van der Waals surface area contributed by atoms with Gasteiger partial charge in [-0.25, -0.2) is 0 Å². The zero-order valence-corrected chi connectivity index (χ0v) is 13.1. The summed E-state index contributed by atoms with van der Waals surface area (Å²) in [6.45, 7) is 6.16. The molecule has 1 heterocycles. The smallest absolute Gasteiger partial charge is 0.130 e. The second kappa shape index (κ2) is 5.95. The monoisotopic (exact) mass is 292 g/mol. The van der Waals surface area contributed by atoms with E-state index < -0.39 is 0 Å². The van der Waals surface area contributed by atoms with Gasteiger partial charge in [-0.1, -0.05) is 35.4 Å². The van der Waals surface area contributed by atoms with Crippen molar-refractivity contribution < 1.29 is 0 Å². The first-order chi connectivity index (χ1) is 9.43. The van der Waals surface area contributed by atoms with Crippen molar-refractivity contribution in [1.82, 2.24) is 15.2 Å². The van der Waals surface area contributed by atoms with Crippen LogP contribution in [0.3, 0.4) is 0 Å². The third-order valence-electron chi connectivity index (χ3n) is 3.68. The second-order valence-corrected chi connectivity index (χ2v) is 5.62. The van der Waals surface area contributed by atoms with Crippen molar-refractivity contribution in [1.29, 1.82) is 0 Å². The first kappa shape index (κ1) is 15.0. The highest BCUT2D eigenvalue weighted by molar-refractivity contribution is 6.30. The molecule has 0 bridgehead atoms. The number of hydrogen-bond donors (Lipinski definition) is 2. The third kappa shape index (κ3) is 2.87. The highest BCUT2D eigenvalue weighted by atomic mass is 35.5. The minimum absolute atomic E-state index is 0.0241. The summed E-state index contributed by atoms with van der Waals surface area (Å²) in [5.74, 6) is 5.75. The molecular weight excluding hydrogens is 272 g/mol. The van der Waals surface area contributed by atoms with Crippen LogP contribution < -0.4 is 11.3 Å². The number of aromatic nitrogens is 2. The Morgan fingerprint density at radius 1 is 1.35 bits per heavy atom. The maximum absolute atomic E-state index is 6.30. The van der Waals surface area contributed by atoms with Crippen LogP contribution in [0.5, 0.6) is 0 Å². The molecule has 0 fully saturated rings. The van der Waals surface area contributed by atoms with Crippen LogP contribution in [0, 0.1) is 20.8 Å². The summed E-state index contributed by atoms with van der Waals surface area (Å²) in [7, 11) is 1.85. The predicted octanol–water partition coefficient (Wildman–Crippen LogP) is 2.75. The second-order valence-electron chi connectivity index (χ2n) is 5.26. The summed E-state index contributed by atoms with van der Waals surface area (Å²) in [5.41, 5.74) is 8.55. The van der Waals surface area contributed by atoms with Gasteiger partial charge >= 0.3 is 0 Å². The minimum Gasteiger partial charge on any atom is -0.271 e. The van der Waals surface area contributed by atoms with Gasteiger partial charge in [0, 0.05) is 12.6 Å². The quantitative estimate of drug-likeness (QED) is 0.673. The molecule has 1 aromatic heterocycles. The van der Waals surface area contributed by atoms with Crippen LogP contribution in [-0.2, 0) is 13.5 Å². The van der Waals surface area contributed by atoms with Crippen molar-refractivity contribution in [2.75, 3.05) is 0 Å². The number of nitrogens with one attached hydrogen (secondary N) is 1. The summed E-state index contributed by atoms with van der Waals surface area (Å²) < 4.78 is 1.70. The number of hydrazine groups is 1. The summed E-state index contributed by atoms with van der Waals surface area (Å²) in [4.78, 5) is 0. The summed E-state index contributed by atoms with van der Waals surface area (Å²) in [6.07, 6.45) is 0.721. The van der Waals surface area contributed by atoms with Crippen LogP contribution in [0.15, 0.2) is 18.2 Å². The van der Waals surface area contributed by atoms with Crippen LogP contribution in [-0.4, -0.2) is 9.78 Å². The molecule has 3 N–H and O–H groups in total. The fourth-order valence-corrected chi connectivity index (χ4v) is 2.84. The van der Waals surface area contributed by atoms with Gasteiger partial charge in [-0.2, -0.15) is 5.10 Å². The van der Waals surface area contributed by atoms with Crippen molar-refractivity contribution in [3.8, 4) is 0 Å². The molecule has 2 aromatic rings. The Bertz CT molecular complexity index is 619. The van der Waals surface area contributed by atoms with Crippen LogP contribution >= 0.6 is 11.6 Å². The lowest BCUT2D eigenvalue weighted by Crippen LogP contribution is -2.30. The van der Waals surface area contributed by atoms with E-state index in [9.17, 15) is 0 Å². The first-order valence-electron chi connectivity index (χ1n) is 6.65. The molecule has 1 unspecified atom stereocenters. The van der Waals surface area contributed by atoms with Gasteiger partial charge in [0.2, 0.25) is 0 Å². The van der Waals surface area contributed by atoms with Crippen LogP contribution in [0.1, 0.15) is 34.0 Å². The van der Waals surface area contributed by atoms with Gasteiger partial charge in [0.15, 0.2) is 0 Å². The number of benzene rings is 1. The Morgan fingerprint density at radius 3 is 2.55 bits per heavy atom. The minimum atomic E-state index is 0.0241. The molecule has 1 aromatic carbocycles. The highest BCUT2D eigenvalue weighted by Crippen LogP contribution is 2.27. The average Bonchev–Trinajstić information content (AvgIpc) is 2.62. The fraction of sp³-hybridized carbons (Fsp3) is 0.400. The molecular formula is C15H21ClN4. The molecule has 4 nitrogen and oxygen atoms in total. The normalized spacial score (nSPS) is 12.7. The van der Waals surface area contributed by atoms with Gasteiger partial charge < -0.3 is 0 Å². The zero-order valence-electron chi connectivity index (χ0n) is 12.4. The highest BCUT2D eigenvalue weighted by Gasteiger charge is 2.19. The van der Waals surface area contributed by atoms with E-state index in [4.69, 9.17) is 17.4 Å². The molecule has 0 saturated carbocycles. The van der Waals surface area contributed by atoms with E-state index in [0.717, 1.165) is 17.7 Å². The molecule has 2 rings (SSSR count). The molecule has 20 heavy (non-hydrogen) atoms. The summed E-state index contributed by atoms with van der Waals surface area (Å²) in [5, 5.41) is 5.02. The zero-order chi connectivity index (χ0) is 14.9. The van der Waals surface area contributed by atoms with Crippen LogP contribution in [0.25, 0.3) is 0 Å². The lowest BCUT2D eigenvalue weighted by molar-refractivity contribution is 0.548. The average molecular weight is 293 g/mol. The number of halogens is 1. The molecule has 0 saturated heterocycles. The number of nitrogens with two attached hydrogens (primary N) is 1. The summed E-state index contributed by atoms with van der Waals surface area (Å²) >= 11 is 6.30. The van der Waals surface area contributed by atoms with E-state index in [-0.39, 0.29) is 6.04 Å². The molecule has 0 amide bonds. The van der Waals surface area contributed by atoms with E-state index >= 15 is 0 Å². The standard InChI is InChI=1S/C15H21ClN4/c1-9-5-6-12(10(2)7-9)14(18-17)8-13-11(3)19-20(4)15(13)16/h5-7,14,18H,8,17H2,1-4H3. The molecule has 0 radical (unpaired) electrons. The summed E-state index contributed by atoms with van der Waals surface area (Å²) in [6, 6.07) is 6.41. The van der Waals surface area contributed by atoms with Crippen molar-refractivity contribution in [2.45, 2.75) is 33.2 Å². The molecule has 0 spiro atoms. The lowest BCUT2D eigenvalue weighted by atomic mass is 9.95. The van der Waals surface area contributed by atoms with Crippen molar-refractivity contribution in [3.05, 3.63) is 51.3 Å². The van der Waals surface area contributed by atoms with Gasteiger partial charge in [-0.05, 0) is 38.3 Å².